The summed E-state index contributed by atoms with van der Waals surface area (Å²) >= 11 is 6.28. The van der Waals surface area contributed by atoms with Crippen molar-refractivity contribution in [3.63, 3.8) is 0 Å². The van der Waals surface area contributed by atoms with Crippen LogP contribution < -0.4 is 20.1 Å². The molecule has 1 unspecified atom stereocenters. The van der Waals surface area contributed by atoms with E-state index in [1.54, 1.807) is 49.4 Å². The molecule has 2 aromatic rings. The molecule has 144 valence electrons. The molecule has 0 saturated carbocycles. The molecule has 0 aliphatic carbocycles. The molecular formula is C20H17ClN2O5. The van der Waals surface area contributed by atoms with Crippen LogP contribution in [-0.4, -0.2) is 18.8 Å². The molecule has 1 atom stereocenters. The topological polar surface area (TPSA) is 85.9 Å². The lowest BCUT2D eigenvalue weighted by molar-refractivity contribution is -0.140. The van der Waals surface area contributed by atoms with Crippen molar-refractivity contribution in [1.82, 2.24) is 10.6 Å². The van der Waals surface area contributed by atoms with E-state index in [2.05, 4.69) is 10.6 Å². The van der Waals surface area contributed by atoms with Gasteiger partial charge in [-0.05, 0) is 36.2 Å². The number of allylic oxidation sites excluding steroid dienone is 1. The van der Waals surface area contributed by atoms with Gasteiger partial charge in [0.25, 0.3) is 0 Å². The third-order valence-corrected chi connectivity index (χ3v) is 4.86. The number of carbonyl (C=O) groups excluding carboxylic acids is 2. The second-order valence-corrected chi connectivity index (χ2v) is 6.76. The Bertz CT molecular complexity index is 988. The number of carbonyl (C=O) groups is 2. The van der Waals surface area contributed by atoms with Gasteiger partial charge >= 0.3 is 12.0 Å². The van der Waals surface area contributed by atoms with Gasteiger partial charge in [0.05, 0.1) is 11.6 Å². The highest BCUT2D eigenvalue weighted by atomic mass is 35.5. The Labute approximate surface area is 166 Å². The normalized spacial score (nSPS) is 17.8. The predicted molar refractivity (Wildman–Crippen MR) is 101 cm³/mol. The molecule has 0 spiro atoms. The average Bonchev–Trinajstić information content (AvgIpc) is 3.13. The third-order valence-electron chi connectivity index (χ3n) is 4.51. The van der Waals surface area contributed by atoms with Crippen LogP contribution in [-0.2, 0) is 16.1 Å². The fourth-order valence-electron chi connectivity index (χ4n) is 3.16. The standard InChI is InChI=1S/C20H17ClN2O5/c1-11-17(18(23-20(25)22-11)13-4-2-3-5-14(13)21)19(24)26-9-12-6-7-15-16(8-12)28-10-27-15/h2-8,18H,9-10H2,1H3,(H2,22,23,25). The van der Waals surface area contributed by atoms with E-state index in [1.807, 2.05) is 0 Å². The first-order chi connectivity index (χ1) is 13.5. The summed E-state index contributed by atoms with van der Waals surface area (Å²) in [6.45, 7) is 1.88. The van der Waals surface area contributed by atoms with E-state index in [9.17, 15) is 9.59 Å². The number of urea groups is 1. The van der Waals surface area contributed by atoms with Crippen molar-refractivity contribution in [2.75, 3.05) is 6.79 Å². The van der Waals surface area contributed by atoms with Gasteiger partial charge in [0.1, 0.15) is 6.61 Å². The minimum atomic E-state index is -0.702. The molecule has 2 aliphatic heterocycles. The molecule has 4 rings (SSSR count). The first-order valence-electron chi connectivity index (χ1n) is 8.61. The van der Waals surface area contributed by atoms with E-state index in [0.717, 1.165) is 5.56 Å². The lowest BCUT2D eigenvalue weighted by Crippen LogP contribution is -2.45. The highest BCUT2D eigenvalue weighted by Crippen LogP contribution is 2.34. The second-order valence-electron chi connectivity index (χ2n) is 6.36. The minimum absolute atomic E-state index is 0.0510. The number of benzene rings is 2. The van der Waals surface area contributed by atoms with Crippen LogP contribution in [0, 0.1) is 0 Å². The molecule has 0 fully saturated rings. The summed E-state index contributed by atoms with van der Waals surface area (Å²) in [5.74, 6) is 0.726. The van der Waals surface area contributed by atoms with Crippen LogP contribution in [0.4, 0.5) is 4.79 Å². The first-order valence-corrected chi connectivity index (χ1v) is 8.99. The van der Waals surface area contributed by atoms with Crippen LogP contribution in [0.1, 0.15) is 24.1 Å². The van der Waals surface area contributed by atoms with E-state index >= 15 is 0 Å². The molecule has 28 heavy (non-hydrogen) atoms. The minimum Gasteiger partial charge on any atom is -0.457 e. The zero-order chi connectivity index (χ0) is 19.7. The zero-order valence-electron chi connectivity index (χ0n) is 15.0. The molecule has 0 saturated heterocycles. The largest absolute Gasteiger partial charge is 0.457 e. The Kier molecular flexibility index (Phi) is 4.83. The molecule has 2 aliphatic rings. The van der Waals surface area contributed by atoms with Crippen molar-refractivity contribution >= 4 is 23.6 Å². The number of halogens is 1. The van der Waals surface area contributed by atoms with Gasteiger partial charge in [-0.2, -0.15) is 0 Å². The van der Waals surface area contributed by atoms with Crippen LogP contribution in [0.3, 0.4) is 0 Å². The van der Waals surface area contributed by atoms with Crippen LogP contribution in [0.25, 0.3) is 0 Å². The first kappa shape index (κ1) is 18.2. The number of nitrogens with one attached hydrogen (secondary N) is 2. The van der Waals surface area contributed by atoms with Gasteiger partial charge in [-0.25, -0.2) is 9.59 Å². The van der Waals surface area contributed by atoms with Crippen LogP contribution in [0.2, 0.25) is 5.02 Å². The van der Waals surface area contributed by atoms with Crippen molar-refractivity contribution < 1.29 is 23.8 Å². The van der Waals surface area contributed by atoms with Crippen molar-refractivity contribution in [3.05, 3.63) is 69.9 Å². The maximum atomic E-state index is 12.8. The number of esters is 1. The number of fused-ring (bicyclic) bond motifs is 1. The van der Waals surface area contributed by atoms with Gasteiger partial charge in [-0.1, -0.05) is 35.9 Å². The van der Waals surface area contributed by atoms with Gasteiger partial charge in [0, 0.05) is 10.7 Å². The molecule has 2 aromatic carbocycles. The van der Waals surface area contributed by atoms with Gasteiger partial charge in [-0.15, -0.1) is 0 Å². The van der Waals surface area contributed by atoms with Crippen molar-refractivity contribution in [2.24, 2.45) is 0 Å². The average molecular weight is 401 g/mol. The quantitative estimate of drug-likeness (QED) is 0.768. The van der Waals surface area contributed by atoms with Crippen molar-refractivity contribution in [1.29, 1.82) is 0 Å². The fourth-order valence-corrected chi connectivity index (χ4v) is 3.41. The van der Waals surface area contributed by atoms with E-state index in [4.69, 9.17) is 25.8 Å². The van der Waals surface area contributed by atoms with Gasteiger partial charge in [0.15, 0.2) is 11.5 Å². The summed E-state index contributed by atoms with van der Waals surface area (Å²) in [4.78, 5) is 24.8. The Balaban J connectivity index is 1.56. The van der Waals surface area contributed by atoms with E-state index in [1.165, 1.54) is 0 Å². The summed E-state index contributed by atoms with van der Waals surface area (Å²) < 4.78 is 16.1. The Hall–Kier alpha value is -3.19. The van der Waals surface area contributed by atoms with Crippen LogP contribution in [0.5, 0.6) is 11.5 Å². The Morgan fingerprint density at radius 1 is 1.21 bits per heavy atom. The lowest BCUT2D eigenvalue weighted by atomic mass is 9.95. The predicted octanol–water partition coefficient (Wildman–Crippen LogP) is 3.44. The SMILES string of the molecule is CC1=C(C(=O)OCc2ccc3c(c2)OCO3)C(c2ccccc2Cl)NC(=O)N1. The smallest absolute Gasteiger partial charge is 0.338 e. The molecule has 2 N–H and O–H groups in total. The summed E-state index contributed by atoms with van der Waals surface area (Å²) in [6.07, 6.45) is 0. The van der Waals surface area contributed by atoms with Gasteiger partial charge in [-0.3, -0.25) is 0 Å². The molecule has 0 bridgehead atoms. The molecule has 0 radical (unpaired) electrons. The van der Waals surface area contributed by atoms with Crippen LogP contribution >= 0.6 is 11.6 Å². The maximum absolute atomic E-state index is 12.8. The van der Waals surface area contributed by atoms with Crippen molar-refractivity contribution in [3.8, 4) is 11.5 Å². The van der Waals surface area contributed by atoms with Gasteiger partial charge < -0.3 is 24.8 Å². The van der Waals surface area contributed by atoms with Crippen LogP contribution in [0.15, 0.2) is 53.7 Å². The maximum Gasteiger partial charge on any atom is 0.338 e. The molecule has 0 aromatic heterocycles. The highest BCUT2D eigenvalue weighted by Gasteiger charge is 2.33. The summed E-state index contributed by atoms with van der Waals surface area (Å²) in [5, 5.41) is 5.80. The number of hydrogen-bond acceptors (Lipinski definition) is 5. The van der Waals surface area contributed by atoms with E-state index < -0.39 is 18.0 Å². The summed E-state index contributed by atoms with van der Waals surface area (Å²) in [5.41, 5.74) is 2.10. The summed E-state index contributed by atoms with van der Waals surface area (Å²) in [6, 6.07) is 11.3. The Morgan fingerprint density at radius 2 is 2.00 bits per heavy atom. The number of rotatable bonds is 4. The summed E-state index contributed by atoms with van der Waals surface area (Å²) in [7, 11) is 0. The molecular weight excluding hydrogens is 384 g/mol. The monoisotopic (exact) mass is 400 g/mol. The number of ether oxygens (including phenoxy) is 3. The molecule has 2 amide bonds. The highest BCUT2D eigenvalue weighted by molar-refractivity contribution is 6.31. The van der Waals surface area contributed by atoms with Gasteiger partial charge in [0.2, 0.25) is 6.79 Å². The lowest BCUT2D eigenvalue weighted by Gasteiger charge is -2.28. The molecule has 7 nitrogen and oxygen atoms in total. The second kappa shape index (κ2) is 7.44. The number of amides is 2. The molecule has 2 heterocycles. The molecule has 8 heteroatoms. The third kappa shape index (κ3) is 3.48. The van der Waals surface area contributed by atoms with Crippen molar-refractivity contribution in [2.45, 2.75) is 19.6 Å². The fraction of sp³-hybridized carbons (Fsp3) is 0.200. The zero-order valence-corrected chi connectivity index (χ0v) is 15.7. The van der Waals surface area contributed by atoms with E-state index in [0.29, 0.717) is 33.4 Å². The number of hydrogen-bond donors (Lipinski definition) is 2. The Morgan fingerprint density at radius 3 is 2.82 bits per heavy atom. The van der Waals surface area contributed by atoms with E-state index in [-0.39, 0.29) is 13.4 Å².